The maximum atomic E-state index is 12.3. The van der Waals surface area contributed by atoms with Crippen molar-refractivity contribution in [1.82, 2.24) is 4.98 Å². The van der Waals surface area contributed by atoms with Crippen LogP contribution in [0.3, 0.4) is 0 Å². The van der Waals surface area contributed by atoms with E-state index in [9.17, 15) is 14.9 Å². The van der Waals surface area contributed by atoms with Crippen molar-refractivity contribution in [3.05, 3.63) is 83.0 Å². The highest BCUT2D eigenvalue weighted by molar-refractivity contribution is 6.01. The number of nitro groups is 1. The molecule has 34 heavy (non-hydrogen) atoms. The number of anilines is 2. The maximum absolute atomic E-state index is 12.3. The van der Waals surface area contributed by atoms with E-state index in [4.69, 9.17) is 14.2 Å². The van der Waals surface area contributed by atoms with E-state index in [0.717, 1.165) is 5.39 Å². The molecule has 3 aromatic carbocycles. The molecule has 10 nitrogen and oxygen atoms in total. The van der Waals surface area contributed by atoms with Gasteiger partial charge in [0.05, 0.1) is 24.7 Å². The van der Waals surface area contributed by atoms with Crippen molar-refractivity contribution < 1.29 is 23.9 Å². The van der Waals surface area contributed by atoms with Gasteiger partial charge in [0.25, 0.3) is 5.69 Å². The van der Waals surface area contributed by atoms with E-state index in [2.05, 4.69) is 15.6 Å². The second-order valence-corrected chi connectivity index (χ2v) is 7.01. The SMILES string of the molecule is COc1cc2nccc(Oc3ccc(NC(=O)Nc4ccccc4[N+](=O)[O-])cc3)c2cc1OC. The van der Waals surface area contributed by atoms with E-state index in [-0.39, 0.29) is 11.4 Å². The third kappa shape index (κ3) is 4.80. The Bertz CT molecular complexity index is 1360. The number of ether oxygens (including phenoxy) is 3. The highest BCUT2D eigenvalue weighted by Gasteiger charge is 2.15. The van der Waals surface area contributed by atoms with E-state index in [0.29, 0.717) is 34.2 Å². The summed E-state index contributed by atoms with van der Waals surface area (Å²) in [5, 5.41) is 17.0. The summed E-state index contributed by atoms with van der Waals surface area (Å²) in [6, 6.07) is 17.3. The molecule has 0 aliphatic heterocycles. The van der Waals surface area contributed by atoms with Gasteiger partial charge in [-0.3, -0.25) is 15.1 Å². The number of para-hydroxylation sites is 2. The van der Waals surface area contributed by atoms with Crippen LogP contribution in [0.4, 0.5) is 21.9 Å². The summed E-state index contributed by atoms with van der Waals surface area (Å²) in [6.07, 6.45) is 1.63. The summed E-state index contributed by atoms with van der Waals surface area (Å²) in [7, 11) is 3.11. The van der Waals surface area contributed by atoms with Gasteiger partial charge in [-0.05, 0) is 42.5 Å². The lowest BCUT2D eigenvalue weighted by Crippen LogP contribution is -2.19. The zero-order valence-corrected chi connectivity index (χ0v) is 18.3. The van der Waals surface area contributed by atoms with Crippen LogP contribution in [-0.2, 0) is 0 Å². The lowest BCUT2D eigenvalue weighted by atomic mass is 10.2. The topological polar surface area (TPSA) is 125 Å². The molecule has 0 saturated heterocycles. The summed E-state index contributed by atoms with van der Waals surface area (Å²) in [5.74, 6) is 2.22. The lowest BCUT2D eigenvalue weighted by Gasteiger charge is -2.13. The largest absolute Gasteiger partial charge is 0.493 e. The molecule has 0 aliphatic carbocycles. The summed E-state index contributed by atoms with van der Waals surface area (Å²) in [5.41, 5.74) is 1.07. The fourth-order valence-electron chi connectivity index (χ4n) is 3.29. The standard InChI is InChI=1S/C24H20N4O6/c1-32-22-13-17-19(14-23(22)33-2)25-12-11-21(17)34-16-9-7-15(8-10-16)26-24(29)27-18-5-3-4-6-20(18)28(30)31/h3-14H,1-2H3,(H2,26,27,29). The molecule has 0 fully saturated rings. The van der Waals surface area contributed by atoms with Crippen LogP contribution in [0.25, 0.3) is 10.9 Å². The molecule has 0 saturated carbocycles. The smallest absolute Gasteiger partial charge is 0.323 e. The number of carbonyl (C=O) groups excluding carboxylic acids is 1. The predicted molar refractivity (Wildman–Crippen MR) is 127 cm³/mol. The van der Waals surface area contributed by atoms with Crippen LogP contribution < -0.4 is 24.8 Å². The first-order chi connectivity index (χ1) is 16.5. The van der Waals surface area contributed by atoms with Gasteiger partial charge in [-0.2, -0.15) is 0 Å². The molecule has 172 valence electrons. The number of hydrogen-bond acceptors (Lipinski definition) is 7. The van der Waals surface area contributed by atoms with E-state index in [1.165, 1.54) is 18.2 Å². The van der Waals surface area contributed by atoms with Gasteiger partial charge in [0.2, 0.25) is 0 Å². The summed E-state index contributed by atoms with van der Waals surface area (Å²) in [4.78, 5) is 27.2. The Kier molecular flexibility index (Phi) is 6.40. The molecule has 0 spiro atoms. The number of nitrogens with zero attached hydrogens (tertiary/aromatic N) is 2. The first-order valence-electron chi connectivity index (χ1n) is 10.1. The molecule has 0 radical (unpaired) electrons. The van der Waals surface area contributed by atoms with Crippen LogP contribution >= 0.6 is 0 Å². The highest BCUT2D eigenvalue weighted by atomic mass is 16.6. The Morgan fingerprint density at radius 3 is 2.32 bits per heavy atom. The minimum atomic E-state index is -0.607. The van der Waals surface area contributed by atoms with Gasteiger partial charge in [-0.15, -0.1) is 0 Å². The van der Waals surface area contributed by atoms with Gasteiger partial charge in [0.1, 0.15) is 17.2 Å². The molecule has 2 N–H and O–H groups in total. The van der Waals surface area contributed by atoms with E-state index in [1.54, 1.807) is 68.9 Å². The fourth-order valence-corrected chi connectivity index (χ4v) is 3.29. The van der Waals surface area contributed by atoms with Crippen LogP contribution in [0.1, 0.15) is 0 Å². The fraction of sp³-hybridized carbons (Fsp3) is 0.0833. The molecule has 0 aliphatic rings. The lowest BCUT2D eigenvalue weighted by molar-refractivity contribution is -0.383. The first-order valence-corrected chi connectivity index (χ1v) is 10.1. The first kappa shape index (κ1) is 22.3. The van der Waals surface area contributed by atoms with Gasteiger partial charge in [0, 0.05) is 29.4 Å². The number of aromatic nitrogens is 1. The van der Waals surface area contributed by atoms with Crippen molar-refractivity contribution in [1.29, 1.82) is 0 Å². The molecule has 0 bridgehead atoms. The molecular weight excluding hydrogens is 440 g/mol. The van der Waals surface area contributed by atoms with E-state index >= 15 is 0 Å². The summed E-state index contributed by atoms with van der Waals surface area (Å²) in [6.45, 7) is 0. The number of carbonyl (C=O) groups is 1. The van der Waals surface area contributed by atoms with Crippen LogP contribution in [0.5, 0.6) is 23.0 Å². The molecule has 10 heteroatoms. The molecule has 1 aromatic heterocycles. The highest BCUT2D eigenvalue weighted by Crippen LogP contribution is 2.37. The van der Waals surface area contributed by atoms with Crippen LogP contribution in [0.2, 0.25) is 0 Å². The maximum Gasteiger partial charge on any atom is 0.323 e. The quantitative estimate of drug-likeness (QED) is 0.272. The van der Waals surface area contributed by atoms with Crippen molar-refractivity contribution in [3.8, 4) is 23.0 Å². The Hall–Kier alpha value is -4.86. The van der Waals surface area contributed by atoms with Crippen LogP contribution in [-0.4, -0.2) is 30.2 Å². The molecule has 0 unspecified atom stereocenters. The monoisotopic (exact) mass is 460 g/mol. The third-order valence-corrected chi connectivity index (χ3v) is 4.90. The number of fused-ring (bicyclic) bond motifs is 1. The van der Waals surface area contributed by atoms with Crippen molar-refractivity contribution in [2.24, 2.45) is 0 Å². The Morgan fingerprint density at radius 1 is 0.912 bits per heavy atom. The van der Waals surface area contributed by atoms with Crippen molar-refractivity contribution in [2.75, 3.05) is 24.9 Å². The van der Waals surface area contributed by atoms with Crippen molar-refractivity contribution >= 4 is 34.0 Å². The number of rotatable bonds is 7. The Labute approximate surface area is 194 Å². The minimum Gasteiger partial charge on any atom is -0.493 e. The molecule has 4 aromatic rings. The molecule has 0 atom stereocenters. The average molecular weight is 460 g/mol. The summed E-state index contributed by atoms with van der Waals surface area (Å²) >= 11 is 0. The Morgan fingerprint density at radius 2 is 1.62 bits per heavy atom. The zero-order valence-electron chi connectivity index (χ0n) is 18.3. The van der Waals surface area contributed by atoms with Crippen molar-refractivity contribution in [2.45, 2.75) is 0 Å². The number of nitro benzene ring substituents is 1. The van der Waals surface area contributed by atoms with E-state index < -0.39 is 11.0 Å². The second-order valence-electron chi connectivity index (χ2n) is 7.01. The number of amides is 2. The second kappa shape index (κ2) is 9.74. The zero-order chi connectivity index (χ0) is 24.1. The van der Waals surface area contributed by atoms with Gasteiger partial charge >= 0.3 is 6.03 Å². The van der Waals surface area contributed by atoms with Crippen LogP contribution in [0.15, 0.2) is 72.9 Å². The molecule has 4 rings (SSSR count). The number of methoxy groups -OCH3 is 2. The number of hydrogen-bond donors (Lipinski definition) is 2. The number of benzene rings is 3. The normalized spacial score (nSPS) is 10.4. The molecule has 1 heterocycles. The third-order valence-electron chi connectivity index (χ3n) is 4.90. The van der Waals surface area contributed by atoms with Gasteiger partial charge in [-0.1, -0.05) is 12.1 Å². The number of pyridine rings is 1. The van der Waals surface area contributed by atoms with Crippen molar-refractivity contribution in [3.63, 3.8) is 0 Å². The van der Waals surface area contributed by atoms with Crippen LogP contribution in [0, 0.1) is 10.1 Å². The predicted octanol–water partition coefficient (Wildman–Crippen LogP) is 5.60. The molecular formula is C24H20N4O6. The number of nitrogens with one attached hydrogen (secondary N) is 2. The van der Waals surface area contributed by atoms with Gasteiger partial charge < -0.3 is 24.8 Å². The molecule has 2 amide bonds. The number of urea groups is 1. The van der Waals surface area contributed by atoms with Gasteiger partial charge in [0.15, 0.2) is 11.5 Å². The Balaban J connectivity index is 1.48. The minimum absolute atomic E-state index is 0.0987. The average Bonchev–Trinajstić information content (AvgIpc) is 2.84. The van der Waals surface area contributed by atoms with Gasteiger partial charge in [-0.25, -0.2) is 4.79 Å². The van der Waals surface area contributed by atoms with E-state index in [1.807, 2.05) is 0 Å². The summed E-state index contributed by atoms with van der Waals surface area (Å²) < 4.78 is 16.7.